The predicted molar refractivity (Wildman–Crippen MR) is 69.3 cm³/mol. The van der Waals surface area contributed by atoms with E-state index in [4.69, 9.17) is 4.43 Å². The Morgan fingerprint density at radius 2 is 1.89 bits per heavy atom. The summed E-state index contributed by atoms with van der Waals surface area (Å²) in [5.41, 5.74) is 0.449. The Morgan fingerprint density at radius 3 is 2.56 bits per heavy atom. The van der Waals surface area contributed by atoms with Crippen LogP contribution in [0.15, 0.2) is 24.3 Å². The summed E-state index contributed by atoms with van der Waals surface area (Å²) < 4.78 is 34.5. The average Bonchev–Trinajstić information content (AvgIpc) is 2.73. The fraction of sp³-hybridized carbons (Fsp3) is 0.571. The lowest BCUT2D eigenvalue weighted by Crippen LogP contribution is -2.37. The van der Waals surface area contributed by atoms with Gasteiger partial charge in [-0.3, -0.25) is 0 Å². The number of halogens is 2. The molecule has 2 atom stereocenters. The quantitative estimate of drug-likeness (QED) is 0.738. The van der Waals surface area contributed by atoms with Crippen molar-refractivity contribution in [2.75, 3.05) is 0 Å². The van der Waals surface area contributed by atoms with Gasteiger partial charge < -0.3 is 4.43 Å². The van der Waals surface area contributed by atoms with Crippen LogP contribution in [-0.4, -0.2) is 14.2 Å². The topological polar surface area (TPSA) is 9.23 Å². The molecule has 4 heteroatoms. The molecule has 0 radical (unpaired) electrons. The first kappa shape index (κ1) is 12.3. The zero-order chi connectivity index (χ0) is 13.2. The summed E-state index contributed by atoms with van der Waals surface area (Å²) >= 11 is 0. The van der Waals surface area contributed by atoms with Gasteiger partial charge in [0.1, 0.15) is 0 Å². The first-order valence-corrected chi connectivity index (χ1v) is 9.86. The highest BCUT2D eigenvalue weighted by molar-refractivity contribution is 6.69. The third-order valence-corrected chi connectivity index (χ3v) is 4.86. The molecule has 3 rings (SSSR count). The minimum Gasteiger partial charge on any atom is -0.402 e. The normalized spacial score (nSPS) is 32.6. The number of alkyl halides is 2. The van der Waals surface area contributed by atoms with Crippen molar-refractivity contribution in [1.82, 2.24) is 0 Å². The molecule has 0 heterocycles. The lowest BCUT2D eigenvalue weighted by molar-refractivity contribution is 0.00323. The molecule has 0 aliphatic heterocycles. The first-order chi connectivity index (χ1) is 8.29. The van der Waals surface area contributed by atoms with Gasteiger partial charge in [-0.25, -0.2) is 8.78 Å². The Morgan fingerprint density at radius 1 is 1.22 bits per heavy atom. The van der Waals surface area contributed by atoms with E-state index >= 15 is 0 Å². The molecule has 0 saturated heterocycles. The Balaban J connectivity index is 2.11. The van der Waals surface area contributed by atoms with E-state index in [1.54, 1.807) is 0 Å². The third-order valence-electron chi connectivity index (χ3n) is 3.93. The molecular weight excluding hydrogens is 250 g/mol. The van der Waals surface area contributed by atoms with Crippen LogP contribution in [0.4, 0.5) is 8.78 Å². The van der Waals surface area contributed by atoms with Crippen LogP contribution in [0.3, 0.4) is 0 Å². The minimum absolute atomic E-state index is 0.536. The van der Waals surface area contributed by atoms with E-state index in [0.717, 1.165) is 17.5 Å². The molecule has 1 fully saturated rings. The van der Waals surface area contributed by atoms with Crippen molar-refractivity contribution in [2.24, 2.45) is 5.92 Å². The van der Waals surface area contributed by atoms with E-state index in [2.05, 4.69) is 0 Å². The molecule has 98 valence electrons. The second-order valence-corrected chi connectivity index (χ2v) is 10.8. The molecule has 1 aromatic rings. The molecule has 1 aromatic carbocycles. The van der Waals surface area contributed by atoms with Crippen molar-refractivity contribution >= 4 is 8.32 Å². The Bertz CT molecular complexity index is 495. The molecule has 18 heavy (non-hydrogen) atoms. The maximum absolute atomic E-state index is 14.3. The van der Waals surface area contributed by atoms with Gasteiger partial charge in [0.15, 0.2) is 13.9 Å². The Labute approximate surface area is 107 Å². The molecule has 1 saturated carbocycles. The zero-order valence-electron chi connectivity index (χ0n) is 11.0. The number of benzene rings is 1. The van der Waals surface area contributed by atoms with Crippen molar-refractivity contribution in [3.63, 3.8) is 0 Å². The summed E-state index contributed by atoms with van der Waals surface area (Å²) in [6.07, 6.45) is 1.28. The molecule has 0 aromatic heterocycles. The molecular formula is C14H18F2OSi. The average molecular weight is 268 g/mol. The van der Waals surface area contributed by atoms with Gasteiger partial charge in [-0.05, 0) is 43.6 Å². The molecule has 2 aliphatic rings. The number of hydrogen-bond acceptors (Lipinski definition) is 1. The lowest BCUT2D eigenvalue weighted by Gasteiger charge is -2.31. The molecule has 2 unspecified atom stereocenters. The molecule has 0 N–H and O–H groups in total. The Kier molecular flexibility index (Phi) is 2.34. The van der Waals surface area contributed by atoms with E-state index in [1.165, 1.54) is 0 Å². The molecule has 1 nitrogen and oxygen atoms in total. The standard InChI is InChI=1S/C14H18F2OSi/c1-18(2,3)17-13-11-7-5-4-6-10(11)8-9-12(13)14(13,15)16/h4-7,12H,8-9H2,1-3H3. The van der Waals surface area contributed by atoms with Crippen molar-refractivity contribution in [3.05, 3.63) is 35.4 Å². The highest BCUT2D eigenvalue weighted by atomic mass is 28.4. The van der Waals surface area contributed by atoms with Crippen LogP contribution in [0.2, 0.25) is 19.6 Å². The highest BCUT2D eigenvalue weighted by Gasteiger charge is 2.84. The van der Waals surface area contributed by atoms with Gasteiger partial charge in [-0.2, -0.15) is 0 Å². The van der Waals surface area contributed by atoms with Crippen molar-refractivity contribution in [3.8, 4) is 0 Å². The second-order valence-electron chi connectivity index (χ2n) is 6.32. The second kappa shape index (κ2) is 3.42. The van der Waals surface area contributed by atoms with E-state index in [0.29, 0.717) is 6.42 Å². The number of aryl methyl sites for hydroxylation is 1. The fourth-order valence-corrected chi connectivity index (χ4v) is 4.63. The van der Waals surface area contributed by atoms with Crippen LogP contribution >= 0.6 is 0 Å². The van der Waals surface area contributed by atoms with Crippen molar-refractivity contribution in [1.29, 1.82) is 0 Å². The summed E-state index contributed by atoms with van der Waals surface area (Å²) in [5, 5.41) is 0. The Hall–Kier alpha value is -0.743. The molecule has 0 amide bonds. The minimum atomic E-state index is -2.69. The van der Waals surface area contributed by atoms with Crippen LogP contribution in [0, 0.1) is 5.92 Å². The predicted octanol–water partition coefficient (Wildman–Crippen LogP) is 3.94. The monoisotopic (exact) mass is 268 g/mol. The fourth-order valence-electron chi connectivity index (χ4n) is 3.28. The van der Waals surface area contributed by atoms with Crippen LogP contribution < -0.4 is 0 Å². The smallest absolute Gasteiger partial charge is 0.286 e. The summed E-state index contributed by atoms with van der Waals surface area (Å²) in [6.45, 7) is 5.93. The summed E-state index contributed by atoms with van der Waals surface area (Å²) in [6, 6.07) is 7.53. The van der Waals surface area contributed by atoms with E-state index in [1.807, 2.05) is 43.9 Å². The van der Waals surface area contributed by atoms with Crippen LogP contribution in [0.5, 0.6) is 0 Å². The number of hydrogen-bond donors (Lipinski definition) is 0. The van der Waals surface area contributed by atoms with Crippen molar-refractivity contribution < 1.29 is 13.2 Å². The van der Waals surface area contributed by atoms with Crippen LogP contribution in [0.1, 0.15) is 17.5 Å². The summed E-state index contributed by atoms with van der Waals surface area (Å²) in [5.74, 6) is -3.31. The van der Waals surface area contributed by atoms with Gasteiger partial charge in [0.2, 0.25) is 0 Å². The maximum Gasteiger partial charge on any atom is 0.286 e. The maximum atomic E-state index is 14.3. The third kappa shape index (κ3) is 1.45. The van der Waals surface area contributed by atoms with Gasteiger partial charge in [-0.1, -0.05) is 24.3 Å². The zero-order valence-corrected chi connectivity index (χ0v) is 12.0. The van der Waals surface area contributed by atoms with E-state index in [-0.39, 0.29) is 0 Å². The van der Waals surface area contributed by atoms with Gasteiger partial charge in [0, 0.05) is 0 Å². The largest absolute Gasteiger partial charge is 0.402 e. The van der Waals surface area contributed by atoms with E-state index in [9.17, 15) is 8.78 Å². The SMILES string of the molecule is C[Si](C)(C)OC12c3ccccc3CCC1C2(F)F. The van der Waals surface area contributed by atoms with Gasteiger partial charge in [0.25, 0.3) is 5.92 Å². The molecule has 2 aliphatic carbocycles. The lowest BCUT2D eigenvalue weighted by atomic mass is 9.89. The number of rotatable bonds is 2. The molecule has 0 spiro atoms. The molecule has 0 bridgehead atoms. The number of fused-ring (bicyclic) bond motifs is 3. The van der Waals surface area contributed by atoms with Gasteiger partial charge in [-0.15, -0.1) is 0 Å². The van der Waals surface area contributed by atoms with Crippen LogP contribution in [0.25, 0.3) is 0 Å². The van der Waals surface area contributed by atoms with E-state index < -0.39 is 25.8 Å². The van der Waals surface area contributed by atoms with Crippen molar-refractivity contribution in [2.45, 2.75) is 44.0 Å². The highest BCUT2D eigenvalue weighted by Crippen LogP contribution is 2.71. The van der Waals surface area contributed by atoms with Crippen LogP contribution in [-0.2, 0) is 16.4 Å². The van der Waals surface area contributed by atoms with Gasteiger partial charge in [0.05, 0.1) is 5.92 Å². The summed E-state index contributed by atoms with van der Waals surface area (Å²) in [7, 11) is -2.01. The van der Waals surface area contributed by atoms with Gasteiger partial charge >= 0.3 is 0 Å². The summed E-state index contributed by atoms with van der Waals surface area (Å²) in [4.78, 5) is 0. The first-order valence-electron chi connectivity index (χ1n) is 6.45.